The van der Waals surface area contributed by atoms with Gasteiger partial charge in [0.1, 0.15) is 10.6 Å². The van der Waals surface area contributed by atoms with Gasteiger partial charge in [-0.1, -0.05) is 69.3 Å². The molecule has 0 aliphatic rings. The molecule has 0 heterocycles. The maximum absolute atomic E-state index is 13.6. The largest absolute Gasteiger partial charge is 0.495 e. The average molecular weight is 601 g/mol. The summed E-state index contributed by atoms with van der Waals surface area (Å²) < 4.78 is 35.3. The highest BCUT2D eigenvalue weighted by atomic mass is 32.2. The van der Waals surface area contributed by atoms with Gasteiger partial charge in [-0.15, -0.1) is 0 Å². The van der Waals surface area contributed by atoms with Crippen molar-refractivity contribution in [3.05, 3.63) is 102 Å². The number of carbonyl (C=O) groups is 1. The lowest BCUT2D eigenvalue weighted by Crippen LogP contribution is -2.30. The molecule has 226 valence electrons. The van der Waals surface area contributed by atoms with Crippen LogP contribution in [0.5, 0.6) is 5.75 Å². The molecule has 9 heteroatoms. The fourth-order valence-corrected chi connectivity index (χ4v) is 5.91. The number of benzene rings is 4. The second-order valence-electron chi connectivity index (χ2n) is 11.5. The molecule has 4 aromatic rings. The van der Waals surface area contributed by atoms with Crippen LogP contribution in [0.1, 0.15) is 36.7 Å². The van der Waals surface area contributed by atoms with E-state index in [1.807, 2.05) is 61.5 Å². The second-order valence-corrected chi connectivity index (χ2v) is 13.1. The Morgan fingerprint density at radius 3 is 2.23 bits per heavy atom. The fraction of sp³-hybridized carbons (Fsp3) is 0.265. The van der Waals surface area contributed by atoms with Crippen molar-refractivity contribution in [2.45, 2.75) is 31.1 Å². The molecular formula is C34H40N4O4S. The Hall–Kier alpha value is -4.50. The molecule has 0 fully saturated rings. The van der Waals surface area contributed by atoms with E-state index in [1.54, 1.807) is 36.4 Å². The highest BCUT2D eigenvalue weighted by molar-refractivity contribution is 7.92. The number of carbonyl (C=O) groups excluding carboxylic acids is 1. The van der Waals surface area contributed by atoms with E-state index in [-0.39, 0.29) is 22.0 Å². The molecule has 0 radical (unpaired) electrons. The normalized spacial score (nSPS) is 11.5. The van der Waals surface area contributed by atoms with Gasteiger partial charge in [0.05, 0.1) is 18.4 Å². The number of ether oxygens (including phenoxy) is 1. The highest BCUT2D eigenvalue weighted by Gasteiger charge is 2.22. The zero-order valence-corrected chi connectivity index (χ0v) is 26.4. The SMILES string of the molecule is COc1ccc(-c2cccc(C(C)(C)C)c2)cc1S(=O)(=O)Nc1cccc(NCCNC(=O)c2ccccc2N(C)C)c1. The van der Waals surface area contributed by atoms with Gasteiger partial charge in [0.25, 0.3) is 15.9 Å². The first kappa shape index (κ1) is 31.4. The summed E-state index contributed by atoms with van der Waals surface area (Å²) in [5.74, 6) is 0.0954. The average Bonchev–Trinajstić information content (AvgIpc) is 2.98. The lowest BCUT2D eigenvalue weighted by molar-refractivity contribution is 0.0955. The van der Waals surface area contributed by atoms with Crippen LogP contribution in [0, 0.1) is 0 Å². The van der Waals surface area contributed by atoms with Gasteiger partial charge in [0.15, 0.2) is 0 Å². The summed E-state index contributed by atoms with van der Waals surface area (Å²) in [6.07, 6.45) is 0. The molecular weight excluding hydrogens is 560 g/mol. The van der Waals surface area contributed by atoms with Crippen molar-refractivity contribution in [1.82, 2.24) is 5.32 Å². The number of hydrogen-bond donors (Lipinski definition) is 3. The lowest BCUT2D eigenvalue weighted by atomic mass is 9.85. The minimum atomic E-state index is -3.98. The maximum Gasteiger partial charge on any atom is 0.265 e. The van der Waals surface area contributed by atoms with E-state index in [0.29, 0.717) is 30.0 Å². The Morgan fingerprint density at radius 1 is 0.814 bits per heavy atom. The molecule has 8 nitrogen and oxygen atoms in total. The number of anilines is 3. The Kier molecular flexibility index (Phi) is 9.66. The molecule has 0 aliphatic carbocycles. The maximum atomic E-state index is 13.6. The number of hydrogen-bond acceptors (Lipinski definition) is 6. The van der Waals surface area contributed by atoms with Crippen LogP contribution < -0.4 is 25.0 Å². The topological polar surface area (TPSA) is 99.8 Å². The Labute approximate surface area is 255 Å². The smallest absolute Gasteiger partial charge is 0.265 e. The summed E-state index contributed by atoms with van der Waals surface area (Å²) in [4.78, 5) is 14.6. The molecule has 0 atom stereocenters. The quantitative estimate of drug-likeness (QED) is 0.173. The van der Waals surface area contributed by atoms with Gasteiger partial charge in [-0.25, -0.2) is 8.42 Å². The molecule has 0 aromatic heterocycles. The van der Waals surface area contributed by atoms with Crippen molar-refractivity contribution < 1.29 is 17.9 Å². The van der Waals surface area contributed by atoms with Crippen molar-refractivity contribution in [2.75, 3.05) is 49.2 Å². The van der Waals surface area contributed by atoms with Gasteiger partial charge in [-0.3, -0.25) is 9.52 Å². The van der Waals surface area contributed by atoms with Crippen molar-refractivity contribution >= 4 is 33.0 Å². The first-order chi connectivity index (χ1) is 20.4. The standard InChI is InChI=1S/C34H40N4O4S/c1-34(2,3)26-12-9-11-24(21-26)25-17-18-31(42-6)32(22-25)43(40,41)37-28-14-10-13-27(23-28)35-19-20-36-33(39)29-15-7-8-16-30(29)38(4)5/h7-18,21-23,35,37H,19-20H2,1-6H3,(H,36,39). The van der Waals surface area contributed by atoms with Gasteiger partial charge in [-0.05, 0) is 64.6 Å². The van der Waals surface area contributed by atoms with Gasteiger partial charge in [0.2, 0.25) is 0 Å². The molecule has 1 amide bonds. The third kappa shape index (κ3) is 7.87. The van der Waals surface area contributed by atoms with E-state index in [9.17, 15) is 13.2 Å². The number of rotatable bonds is 11. The van der Waals surface area contributed by atoms with E-state index in [0.717, 1.165) is 22.4 Å². The van der Waals surface area contributed by atoms with Gasteiger partial charge in [0, 0.05) is 38.6 Å². The highest BCUT2D eigenvalue weighted by Crippen LogP contribution is 2.33. The first-order valence-electron chi connectivity index (χ1n) is 14.1. The van der Waals surface area contributed by atoms with E-state index in [4.69, 9.17) is 4.74 Å². The fourth-order valence-electron chi connectivity index (χ4n) is 4.67. The van der Waals surface area contributed by atoms with Crippen LogP contribution in [0.2, 0.25) is 0 Å². The van der Waals surface area contributed by atoms with Crippen LogP contribution in [-0.4, -0.2) is 48.6 Å². The van der Waals surface area contributed by atoms with Gasteiger partial charge < -0.3 is 20.3 Å². The van der Waals surface area contributed by atoms with E-state index < -0.39 is 10.0 Å². The summed E-state index contributed by atoms with van der Waals surface area (Å²) in [7, 11) is 1.26. The predicted molar refractivity (Wildman–Crippen MR) is 176 cm³/mol. The zero-order chi connectivity index (χ0) is 31.2. The van der Waals surface area contributed by atoms with Crippen LogP contribution in [-0.2, 0) is 15.4 Å². The lowest BCUT2D eigenvalue weighted by Gasteiger charge is -2.20. The second kappa shape index (κ2) is 13.2. The summed E-state index contributed by atoms with van der Waals surface area (Å²) in [5.41, 5.74) is 5.37. The summed E-state index contributed by atoms with van der Waals surface area (Å²) in [6.45, 7) is 7.27. The third-order valence-corrected chi connectivity index (χ3v) is 8.40. The number of amides is 1. The van der Waals surface area contributed by atoms with Crippen LogP contribution in [0.15, 0.2) is 95.9 Å². The minimum Gasteiger partial charge on any atom is -0.495 e. The molecule has 4 rings (SSSR count). The van der Waals surface area contributed by atoms with E-state index >= 15 is 0 Å². The third-order valence-electron chi connectivity index (χ3n) is 7.00. The Morgan fingerprint density at radius 2 is 1.51 bits per heavy atom. The molecule has 4 aromatic carbocycles. The van der Waals surface area contributed by atoms with Gasteiger partial charge >= 0.3 is 0 Å². The summed E-state index contributed by atoms with van der Waals surface area (Å²) in [5, 5.41) is 6.17. The van der Waals surface area contributed by atoms with Crippen LogP contribution in [0.25, 0.3) is 11.1 Å². The number of sulfonamides is 1. The molecule has 0 spiro atoms. The van der Waals surface area contributed by atoms with E-state index in [1.165, 1.54) is 7.11 Å². The molecule has 0 saturated heterocycles. The number of nitrogens with one attached hydrogen (secondary N) is 3. The van der Waals surface area contributed by atoms with Crippen molar-refractivity contribution in [3.8, 4) is 16.9 Å². The van der Waals surface area contributed by atoms with Crippen LogP contribution >= 0.6 is 0 Å². The number of para-hydroxylation sites is 1. The van der Waals surface area contributed by atoms with Crippen LogP contribution in [0.4, 0.5) is 17.1 Å². The van der Waals surface area contributed by atoms with Crippen molar-refractivity contribution in [1.29, 1.82) is 0 Å². The molecule has 0 aliphatic heterocycles. The molecule has 0 bridgehead atoms. The monoisotopic (exact) mass is 600 g/mol. The molecule has 43 heavy (non-hydrogen) atoms. The molecule has 3 N–H and O–H groups in total. The number of methoxy groups -OCH3 is 1. The first-order valence-corrected chi connectivity index (χ1v) is 15.6. The zero-order valence-electron chi connectivity index (χ0n) is 25.6. The summed E-state index contributed by atoms with van der Waals surface area (Å²) in [6, 6.07) is 27.7. The minimum absolute atomic E-state index is 0.0406. The van der Waals surface area contributed by atoms with Crippen LogP contribution in [0.3, 0.4) is 0 Å². The molecule has 0 unspecified atom stereocenters. The Balaban J connectivity index is 1.45. The van der Waals surface area contributed by atoms with E-state index in [2.05, 4.69) is 48.3 Å². The Bertz CT molecular complexity index is 1690. The summed E-state index contributed by atoms with van der Waals surface area (Å²) >= 11 is 0. The van der Waals surface area contributed by atoms with Crippen molar-refractivity contribution in [2.24, 2.45) is 0 Å². The molecule has 0 saturated carbocycles. The number of nitrogens with zero attached hydrogens (tertiary/aromatic N) is 1. The predicted octanol–water partition coefficient (Wildman–Crippen LogP) is 6.37. The van der Waals surface area contributed by atoms with Crippen molar-refractivity contribution in [3.63, 3.8) is 0 Å². The van der Waals surface area contributed by atoms with Gasteiger partial charge in [-0.2, -0.15) is 0 Å².